The Morgan fingerprint density at radius 2 is 1.76 bits per heavy atom. The van der Waals surface area contributed by atoms with Gasteiger partial charge in [-0.2, -0.15) is 0 Å². The molecule has 2 aromatic carbocycles. The summed E-state index contributed by atoms with van der Waals surface area (Å²) in [5.41, 5.74) is 4.82. The fourth-order valence-electron chi connectivity index (χ4n) is 3.92. The topological polar surface area (TPSA) is 109 Å². The highest BCUT2D eigenvalue weighted by Gasteiger charge is 2.15. The van der Waals surface area contributed by atoms with E-state index in [2.05, 4.69) is 5.32 Å². The number of amides is 1. The second-order valence-electron chi connectivity index (χ2n) is 8.15. The number of unbranched alkanes of at least 4 members (excludes halogenated alkanes) is 1. The van der Waals surface area contributed by atoms with Crippen molar-refractivity contribution in [1.82, 2.24) is 10.3 Å². The number of para-hydroxylation sites is 1. The van der Waals surface area contributed by atoms with E-state index in [9.17, 15) is 9.59 Å². The number of aliphatic hydroxyl groups is 1. The van der Waals surface area contributed by atoms with E-state index in [0.717, 1.165) is 39.6 Å². The average Bonchev–Trinajstić information content (AvgIpc) is 2.84. The van der Waals surface area contributed by atoms with Crippen LogP contribution in [0.25, 0.3) is 22.0 Å². The summed E-state index contributed by atoms with van der Waals surface area (Å²) in [6, 6.07) is 16.1. The molecule has 0 saturated heterocycles. The van der Waals surface area contributed by atoms with Crippen molar-refractivity contribution in [3.05, 3.63) is 65.9 Å². The van der Waals surface area contributed by atoms with E-state index in [-0.39, 0.29) is 25.4 Å². The number of fused-ring (bicyclic) bond motifs is 1. The van der Waals surface area contributed by atoms with E-state index >= 15 is 0 Å². The number of aliphatic hydroxyl groups excluding tert-OH is 1. The minimum atomic E-state index is -0.815. The Balaban J connectivity index is 1.81. The second-order valence-corrected chi connectivity index (χ2v) is 8.15. The Morgan fingerprint density at radius 1 is 0.941 bits per heavy atom. The number of hydrogen-bond donors (Lipinski definition) is 3. The first-order chi connectivity index (χ1) is 16.6. The lowest BCUT2D eigenvalue weighted by atomic mass is 9.93. The van der Waals surface area contributed by atoms with E-state index in [1.54, 1.807) is 6.20 Å². The van der Waals surface area contributed by atoms with Gasteiger partial charge >= 0.3 is 5.97 Å². The van der Waals surface area contributed by atoms with Crippen molar-refractivity contribution in [2.24, 2.45) is 0 Å². The molecule has 0 unspecified atom stereocenters. The maximum absolute atomic E-state index is 12.6. The Morgan fingerprint density at radius 3 is 2.53 bits per heavy atom. The van der Waals surface area contributed by atoms with Gasteiger partial charge in [0.05, 0.1) is 18.5 Å². The molecule has 3 N–H and O–H groups in total. The molecule has 0 bridgehead atoms. The largest absolute Gasteiger partial charge is 0.481 e. The van der Waals surface area contributed by atoms with Crippen LogP contribution in [0.4, 0.5) is 0 Å². The summed E-state index contributed by atoms with van der Waals surface area (Å²) in [4.78, 5) is 27.9. The number of carboxylic acid groups (broad SMARTS) is 1. The molecule has 1 heterocycles. The van der Waals surface area contributed by atoms with Gasteiger partial charge in [0.1, 0.15) is 0 Å². The molecule has 7 nitrogen and oxygen atoms in total. The predicted octanol–water partition coefficient (Wildman–Crippen LogP) is 3.76. The lowest BCUT2D eigenvalue weighted by Crippen LogP contribution is -2.26. The summed E-state index contributed by atoms with van der Waals surface area (Å²) in [6.07, 6.45) is 4.68. The molecule has 34 heavy (non-hydrogen) atoms. The van der Waals surface area contributed by atoms with Crippen molar-refractivity contribution in [2.45, 2.75) is 38.5 Å². The number of carbonyl (C=O) groups is 2. The monoisotopic (exact) mass is 464 g/mol. The van der Waals surface area contributed by atoms with Gasteiger partial charge in [0.25, 0.3) is 0 Å². The highest BCUT2D eigenvalue weighted by molar-refractivity contribution is 5.99. The molecule has 3 aromatic rings. The minimum absolute atomic E-state index is 0.0674. The smallest absolute Gasteiger partial charge is 0.303 e. The summed E-state index contributed by atoms with van der Waals surface area (Å²) in [6.45, 7) is 1.56. The molecule has 1 amide bonds. The first kappa shape index (κ1) is 25.3. The molecule has 7 heteroatoms. The van der Waals surface area contributed by atoms with Crippen LogP contribution in [0.1, 0.15) is 36.8 Å². The molecule has 0 fully saturated rings. The van der Waals surface area contributed by atoms with Gasteiger partial charge in [-0.25, -0.2) is 0 Å². The van der Waals surface area contributed by atoms with E-state index in [4.69, 9.17) is 19.9 Å². The average molecular weight is 465 g/mol. The molecule has 0 radical (unpaired) electrons. The van der Waals surface area contributed by atoms with Gasteiger partial charge in [0, 0.05) is 37.8 Å². The van der Waals surface area contributed by atoms with Gasteiger partial charge in [-0.05, 0) is 47.9 Å². The normalized spacial score (nSPS) is 11.0. The zero-order valence-corrected chi connectivity index (χ0v) is 19.3. The van der Waals surface area contributed by atoms with Gasteiger partial charge in [-0.1, -0.05) is 48.5 Å². The molecule has 0 atom stereocenters. The van der Waals surface area contributed by atoms with Gasteiger partial charge in [0.15, 0.2) is 0 Å². The van der Waals surface area contributed by atoms with Crippen LogP contribution in [0, 0.1) is 0 Å². The third-order valence-corrected chi connectivity index (χ3v) is 5.58. The number of aromatic nitrogens is 1. The molecule has 0 spiro atoms. The van der Waals surface area contributed by atoms with E-state index < -0.39 is 5.97 Å². The molecule has 0 aliphatic heterocycles. The van der Waals surface area contributed by atoms with E-state index in [1.807, 2.05) is 48.5 Å². The number of rotatable bonds is 14. The number of ether oxygens (including phenoxy) is 1. The summed E-state index contributed by atoms with van der Waals surface area (Å²) in [5.74, 6) is -0.882. The maximum atomic E-state index is 12.6. The first-order valence-electron chi connectivity index (χ1n) is 11.7. The zero-order chi connectivity index (χ0) is 24.2. The Hall–Kier alpha value is -3.29. The van der Waals surface area contributed by atoms with Crippen molar-refractivity contribution in [2.75, 3.05) is 26.4 Å². The number of benzene rings is 2. The number of carboxylic acids is 1. The van der Waals surface area contributed by atoms with Gasteiger partial charge in [-0.15, -0.1) is 0 Å². The SMILES string of the molecule is O=C(O)CCCOCCc1cccc2c(-c3ccccc3)c(CC(=O)NCCCCO)cnc12. The van der Waals surface area contributed by atoms with Crippen LogP contribution in [0.5, 0.6) is 0 Å². The van der Waals surface area contributed by atoms with E-state index in [0.29, 0.717) is 39.0 Å². The van der Waals surface area contributed by atoms with Crippen LogP contribution in [0.15, 0.2) is 54.7 Å². The number of nitrogens with zero attached hydrogens (tertiary/aromatic N) is 1. The van der Waals surface area contributed by atoms with E-state index in [1.165, 1.54) is 0 Å². The minimum Gasteiger partial charge on any atom is -0.481 e. The Bertz CT molecular complexity index is 1090. The quantitative estimate of drug-likeness (QED) is 0.314. The lowest BCUT2D eigenvalue weighted by molar-refractivity contribution is -0.137. The zero-order valence-electron chi connectivity index (χ0n) is 19.3. The third-order valence-electron chi connectivity index (χ3n) is 5.58. The number of carbonyl (C=O) groups excluding carboxylic acids is 1. The molecule has 1 aromatic heterocycles. The second kappa shape index (κ2) is 13.4. The summed E-state index contributed by atoms with van der Waals surface area (Å²) >= 11 is 0. The summed E-state index contributed by atoms with van der Waals surface area (Å²) < 4.78 is 5.62. The van der Waals surface area contributed by atoms with Crippen molar-refractivity contribution in [3.63, 3.8) is 0 Å². The van der Waals surface area contributed by atoms with Gasteiger partial charge < -0.3 is 20.3 Å². The molecule has 0 aliphatic carbocycles. The maximum Gasteiger partial charge on any atom is 0.303 e. The van der Waals surface area contributed by atoms with Crippen molar-refractivity contribution in [1.29, 1.82) is 0 Å². The summed E-state index contributed by atoms with van der Waals surface area (Å²) in [7, 11) is 0. The van der Waals surface area contributed by atoms with Gasteiger partial charge in [0.2, 0.25) is 5.91 Å². The van der Waals surface area contributed by atoms with Crippen LogP contribution >= 0.6 is 0 Å². The third kappa shape index (κ3) is 7.37. The fraction of sp³-hybridized carbons (Fsp3) is 0.370. The molecule has 180 valence electrons. The number of nitrogens with one attached hydrogen (secondary N) is 1. The van der Waals surface area contributed by atoms with Crippen LogP contribution in [-0.2, 0) is 27.2 Å². The van der Waals surface area contributed by atoms with Crippen LogP contribution < -0.4 is 5.32 Å². The number of aliphatic carboxylic acids is 1. The van der Waals surface area contributed by atoms with Crippen molar-refractivity contribution in [3.8, 4) is 11.1 Å². The molecular formula is C27H32N2O5. The first-order valence-corrected chi connectivity index (χ1v) is 11.7. The Labute approximate surface area is 199 Å². The van der Waals surface area contributed by atoms with Crippen LogP contribution in [0.2, 0.25) is 0 Å². The van der Waals surface area contributed by atoms with Crippen LogP contribution in [-0.4, -0.2) is 53.4 Å². The molecule has 3 rings (SSSR count). The fourth-order valence-corrected chi connectivity index (χ4v) is 3.92. The van der Waals surface area contributed by atoms with Gasteiger partial charge in [-0.3, -0.25) is 14.6 Å². The number of hydrogen-bond acceptors (Lipinski definition) is 5. The summed E-state index contributed by atoms with van der Waals surface area (Å²) in [5, 5.41) is 21.6. The highest BCUT2D eigenvalue weighted by atomic mass is 16.5. The lowest BCUT2D eigenvalue weighted by Gasteiger charge is -2.15. The number of pyridine rings is 1. The standard InChI is InChI=1S/C27H32N2O5/c30-15-5-4-14-28-24(31)18-22-19-29-27-21(13-17-34-16-7-12-25(32)33)10-6-11-23(27)26(22)20-8-2-1-3-9-20/h1-3,6,8-11,19,30H,4-5,7,12-18H2,(H,28,31)(H,32,33). The van der Waals surface area contributed by atoms with Crippen molar-refractivity contribution < 1.29 is 24.5 Å². The molecule has 0 saturated carbocycles. The Kier molecular flexibility index (Phi) is 10.0. The van der Waals surface area contributed by atoms with Crippen molar-refractivity contribution >= 4 is 22.8 Å². The van der Waals surface area contributed by atoms with Crippen LogP contribution in [0.3, 0.4) is 0 Å². The highest BCUT2D eigenvalue weighted by Crippen LogP contribution is 2.33. The molecular weight excluding hydrogens is 432 g/mol. The predicted molar refractivity (Wildman–Crippen MR) is 132 cm³/mol. The molecule has 0 aliphatic rings.